The van der Waals surface area contributed by atoms with Gasteiger partial charge in [0.25, 0.3) is 0 Å². The Balaban J connectivity index is 1.01. The van der Waals surface area contributed by atoms with Crippen LogP contribution in [0.5, 0.6) is 5.75 Å². The summed E-state index contributed by atoms with van der Waals surface area (Å²) in [6.45, 7) is 0. The molecule has 2 unspecified atom stereocenters. The molecule has 274 valence electrons. The van der Waals surface area contributed by atoms with Crippen molar-refractivity contribution < 1.29 is 4.74 Å². The van der Waals surface area contributed by atoms with E-state index in [1.54, 1.807) is 0 Å². The molecule has 1 aliphatic heterocycles. The Morgan fingerprint density at radius 2 is 1.34 bits per heavy atom. The SMILES string of the molecule is C1=CC(c2nc(C3=CC=C(c4cccc5c4sc4ccccc45)[C@H]4Oc5ccccc5C34)nc(-c3ccc4ccccc4c3)n2)Cc2ccc(-c3ccccc3)cc21. The number of hydrogen-bond acceptors (Lipinski definition) is 5. The summed E-state index contributed by atoms with van der Waals surface area (Å²) in [6.07, 6.45) is 9.59. The summed E-state index contributed by atoms with van der Waals surface area (Å²) in [5.74, 6) is 2.94. The standard InChI is InChI=1S/C53H35N3OS/c1-2-11-32(12-3-1)35-22-23-37-31-39(26-24-36(37)29-35)52-54-51(38-25-21-33-13-4-5-14-34(33)30-38)55-53(56-52)45-28-27-41(49-48(45)44-16-6-8-19-46(44)57-49)43-18-10-17-42-40-15-7-9-20-47(40)58-50(42)43/h1-30,39,48-49H,31H2/t39?,48?,49-/m1/s1. The molecule has 3 heterocycles. The van der Waals surface area contributed by atoms with E-state index in [0.29, 0.717) is 11.6 Å². The number of para-hydroxylation sites is 1. The van der Waals surface area contributed by atoms with Gasteiger partial charge in [-0.05, 0) is 69.3 Å². The normalized spacial score (nSPS) is 18.0. The van der Waals surface area contributed by atoms with Crippen LogP contribution in [0.2, 0.25) is 0 Å². The highest BCUT2D eigenvalue weighted by Crippen LogP contribution is 2.53. The largest absolute Gasteiger partial charge is 0.484 e. The molecule has 0 saturated carbocycles. The van der Waals surface area contributed by atoms with Crippen molar-refractivity contribution in [1.82, 2.24) is 15.0 Å². The van der Waals surface area contributed by atoms with Crippen molar-refractivity contribution in [2.24, 2.45) is 0 Å². The van der Waals surface area contributed by atoms with Gasteiger partial charge in [0.05, 0.1) is 5.92 Å². The first-order valence-electron chi connectivity index (χ1n) is 19.9. The molecule has 2 aliphatic carbocycles. The molecular formula is C53H35N3OS. The van der Waals surface area contributed by atoms with Crippen molar-refractivity contribution in [2.45, 2.75) is 24.4 Å². The zero-order valence-electron chi connectivity index (χ0n) is 31.4. The van der Waals surface area contributed by atoms with Crippen LogP contribution in [0.3, 0.4) is 0 Å². The number of fused-ring (bicyclic) bond motifs is 8. The monoisotopic (exact) mass is 761 g/mol. The van der Waals surface area contributed by atoms with Gasteiger partial charge in [-0.15, -0.1) is 11.3 Å². The second kappa shape index (κ2) is 13.3. The second-order valence-corrected chi connectivity index (χ2v) is 16.5. The van der Waals surface area contributed by atoms with E-state index in [1.807, 2.05) is 11.3 Å². The third-order valence-electron chi connectivity index (χ3n) is 12.1. The molecule has 9 aromatic rings. The second-order valence-electron chi connectivity index (χ2n) is 15.4. The fourth-order valence-corrected chi connectivity index (χ4v) is 10.4. The van der Waals surface area contributed by atoms with Crippen LogP contribution in [0.4, 0.5) is 0 Å². The van der Waals surface area contributed by atoms with Crippen LogP contribution in [-0.4, -0.2) is 21.1 Å². The van der Waals surface area contributed by atoms with Gasteiger partial charge in [-0.1, -0.05) is 158 Å². The molecule has 58 heavy (non-hydrogen) atoms. The van der Waals surface area contributed by atoms with Gasteiger partial charge >= 0.3 is 0 Å². The molecule has 0 saturated heterocycles. The third-order valence-corrected chi connectivity index (χ3v) is 13.3. The van der Waals surface area contributed by atoms with Gasteiger partial charge in [0.1, 0.15) is 17.7 Å². The minimum Gasteiger partial charge on any atom is -0.484 e. The highest BCUT2D eigenvalue weighted by atomic mass is 32.1. The van der Waals surface area contributed by atoms with Gasteiger partial charge < -0.3 is 4.74 Å². The number of allylic oxidation sites excluding steroid dienone is 3. The lowest BCUT2D eigenvalue weighted by Crippen LogP contribution is -2.25. The maximum Gasteiger partial charge on any atom is 0.163 e. The fourth-order valence-electron chi connectivity index (χ4n) is 9.19. The molecule has 2 aromatic heterocycles. The molecule has 0 bridgehead atoms. The van der Waals surface area contributed by atoms with E-state index in [0.717, 1.165) is 40.1 Å². The first kappa shape index (κ1) is 33.2. The number of aromatic nitrogens is 3. The summed E-state index contributed by atoms with van der Waals surface area (Å²) in [4.78, 5) is 16.0. The third kappa shape index (κ3) is 5.46. The Morgan fingerprint density at radius 1 is 0.569 bits per heavy atom. The molecule has 0 N–H and O–H groups in total. The van der Waals surface area contributed by atoms with Crippen LogP contribution in [-0.2, 0) is 6.42 Å². The number of thiophene rings is 1. The number of rotatable bonds is 5. The topological polar surface area (TPSA) is 47.9 Å². The molecular weight excluding hydrogens is 727 g/mol. The molecule has 7 aromatic carbocycles. The van der Waals surface area contributed by atoms with Crippen molar-refractivity contribution in [3.63, 3.8) is 0 Å². The van der Waals surface area contributed by atoms with E-state index >= 15 is 0 Å². The molecule has 4 nitrogen and oxygen atoms in total. The molecule has 5 heteroatoms. The molecule has 0 radical (unpaired) electrons. The molecule has 3 atom stereocenters. The minimum absolute atomic E-state index is 0.0141. The quantitative estimate of drug-likeness (QED) is 0.175. The molecule has 0 spiro atoms. The van der Waals surface area contributed by atoms with Gasteiger partial charge in [0.2, 0.25) is 0 Å². The van der Waals surface area contributed by atoms with Crippen LogP contribution in [0, 0.1) is 0 Å². The molecule has 0 amide bonds. The van der Waals surface area contributed by atoms with Gasteiger partial charge in [-0.3, -0.25) is 0 Å². The Morgan fingerprint density at radius 3 is 2.29 bits per heavy atom. The van der Waals surface area contributed by atoms with Crippen LogP contribution < -0.4 is 4.74 Å². The van der Waals surface area contributed by atoms with Gasteiger partial charge in [0, 0.05) is 48.4 Å². The summed E-state index contributed by atoms with van der Waals surface area (Å²) in [6, 6.07) is 56.2. The van der Waals surface area contributed by atoms with E-state index in [2.05, 4.69) is 182 Å². The zero-order valence-corrected chi connectivity index (χ0v) is 32.2. The molecule has 12 rings (SSSR count). The van der Waals surface area contributed by atoms with Gasteiger partial charge in [-0.25, -0.2) is 15.0 Å². The Labute approximate surface area is 340 Å². The van der Waals surface area contributed by atoms with Crippen LogP contribution >= 0.6 is 11.3 Å². The number of hydrogen-bond donors (Lipinski definition) is 0. The summed E-state index contributed by atoms with van der Waals surface area (Å²) in [5.41, 5.74) is 10.5. The Hall–Kier alpha value is -6.95. The first-order valence-corrected chi connectivity index (χ1v) is 20.7. The van der Waals surface area contributed by atoms with E-state index < -0.39 is 0 Å². The van der Waals surface area contributed by atoms with Crippen LogP contribution in [0.1, 0.15) is 45.7 Å². The smallest absolute Gasteiger partial charge is 0.163 e. The average Bonchev–Trinajstić information content (AvgIpc) is 3.88. The van der Waals surface area contributed by atoms with Crippen molar-refractivity contribution in [1.29, 1.82) is 0 Å². The van der Waals surface area contributed by atoms with E-state index in [4.69, 9.17) is 19.7 Å². The average molecular weight is 762 g/mol. The molecule has 0 fully saturated rings. The maximum atomic E-state index is 6.96. The first-order chi connectivity index (χ1) is 28.7. The van der Waals surface area contributed by atoms with E-state index in [1.165, 1.54) is 58.9 Å². The van der Waals surface area contributed by atoms with E-state index in [9.17, 15) is 0 Å². The zero-order chi connectivity index (χ0) is 38.2. The molecule has 3 aliphatic rings. The van der Waals surface area contributed by atoms with Crippen molar-refractivity contribution in [2.75, 3.05) is 0 Å². The van der Waals surface area contributed by atoms with E-state index in [-0.39, 0.29) is 17.9 Å². The lowest BCUT2D eigenvalue weighted by Gasteiger charge is -2.28. The van der Waals surface area contributed by atoms with Crippen molar-refractivity contribution in [3.05, 3.63) is 210 Å². The summed E-state index contributed by atoms with van der Waals surface area (Å²) in [7, 11) is 0. The summed E-state index contributed by atoms with van der Waals surface area (Å²) >= 11 is 1.85. The van der Waals surface area contributed by atoms with Gasteiger partial charge in [-0.2, -0.15) is 0 Å². The van der Waals surface area contributed by atoms with Crippen molar-refractivity contribution >= 4 is 59.5 Å². The van der Waals surface area contributed by atoms with Crippen molar-refractivity contribution in [3.8, 4) is 28.3 Å². The predicted octanol–water partition coefficient (Wildman–Crippen LogP) is 13.1. The predicted molar refractivity (Wildman–Crippen MR) is 239 cm³/mol. The Bertz CT molecular complexity index is 3210. The minimum atomic E-state index is -0.238. The lowest BCUT2D eigenvalue weighted by molar-refractivity contribution is 0.281. The number of benzene rings is 7. The number of nitrogens with zero attached hydrogens (tertiary/aromatic N) is 3. The fraction of sp³-hybridized carbons (Fsp3) is 0.0755. The maximum absolute atomic E-state index is 6.96. The highest BCUT2D eigenvalue weighted by molar-refractivity contribution is 7.26. The Kier molecular flexibility index (Phi) is 7.63. The highest BCUT2D eigenvalue weighted by Gasteiger charge is 2.43. The number of ether oxygens (including phenoxy) is 1. The summed E-state index contributed by atoms with van der Waals surface area (Å²) < 4.78 is 9.53. The van der Waals surface area contributed by atoms with Crippen LogP contribution in [0.25, 0.3) is 70.7 Å². The summed E-state index contributed by atoms with van der Waals surface area (Å²) in [5, 5.41) is 4.91. The van der Waals surface area contributed by atoms with Crippen LogP contribution in [0.15, 0.2) is 176 Å². The lowest BCUT2D eigenvalue weighted by atomic mass is 9.78. The van der Waals surface area contributed by atoms with Gasteiger partial charge in [0.15, 0.2) is 11.6 Å².